The van der Waals surface area contributed by atoms with E-state index in [1.807, 2.05) is 18.2 Å². The number of para-hydroxylation sites is 1. The molecule has 1 unspecified atom stereocenters. The van der Waals surface area contributed by atoms with E-state index >= 15 is 0 Å². The number of hydrogen-bond donors (Lipinski definition) is 2. The minimum absolute atomic E-state index is 0.0595. The van der Waals surface area contributed by atoms with Crippen LogP contribution in [0.5, 0.6) is 5.75 Å². The number of ether oxygens (including phenoxy) is 2. The number of rotatable bonds is 6. The highest BCUT2D eigenvalue weighted by molar-refractivity contribution is 5.76. The predicted molar refractivity (Wildman–Crippen MR) is 106 cm³/mol. The van der Waals surface area contributed by atoms with E-state index in [-0.39, 0.29) is 19.8 Å². The van der Waals surface area contributed by atoms with E-state index in [9.17, 15) is 5.11 Å². The first-order valence-electron chi connectivity index (χ1n) is 9.02. The average molecular weight is 364 g/mol. The van der Waals surface area contributed by atoms with E-state index in [1.165, 1.54) is 22.3 Å². The highest BCUT2D eigenvalue weighted by Crippen LogP contribution is 2.35. The SMILES string of the molecule is OCCOC(O)COc1ccccc1.c1ccc2c(c1)Cc1ccccc1-2. The van der Waals surface area contributed by atoms with Gasteiger partial charge in [0, 0.05) is 0 Å². The van der Waals surface area contributed by atoms with Gasteiger partial charge in [0.2, 0.25) is 0 Å². The number of hydrogen-bond acceptors (Lipinski definition) is 4. The van der Waals surface area contributed by atoms with Crippen LogP contribution in [0.15, 0.2) is 78.9 Å². The summed E-state index contributed by atoms with van der Waals surface area (Å²) < 4.78 is 10.0. The van der Waals surface area contributed by atoms with Crippen LogP contribution in [0.3, 0.4) is 0 Å². The van der Waals surface area contributed by atoms with E-state index in [4.69, 9.17) is 14.6 Å². The Morgan fingerprint density at radius 3 is 1.93 bits per heavy atom. The lowest BCUT2D eigenvalue weighted by molar-refractivity contribution is -0.125. The van der Waals surface area contributed by atoms with Gasteiger partial charge in [0.1, 0.15) is 12.4 Å². The maximum absolute atomic E-state index is 9.18. The summed E-state index contributed by atoms with van der Waals surface area (Å²) in [5.41, 5.74) is 5.75. The lowest BCUT2D eigenvalue weighted by atomic mass is 10.1. The van der Waals surface area contributed by atoms with Gasteiger partial charge in [-0.15, -0.1) is 0 Å². The fourth-order valence-corrected chi connectivity index (χ4v) is 3.00. The zero-order valence-corrected chi connectivity index (χ0v) is 15.1. The Morgan fingerprint density at radius 1 is 0.778 bits per heavy atom. The molecule has 1 atom stereocenters. The van der Waals surface area contributed by atoms with E-state index < -0.39 is 6.29 Å². The molecule has 0 heterocycles. The van der Waals surface area contributed by atoms with E-state index in [0.29, 0.717) is 5.75 Å². The molecule has 4 heteroatoms. The minimum Gasteiger partial charge on any atom is -0.488 e. The first-order valence-corrected chi connectivity index (χ1v) is 9.02. The van der Waals surface area contributed by atoms with Gasteiger partial charge in [-0.1, -0.05) is 66.7 Å². The zero-order chi connectivity index (χ0) is 18.9. The van der Waals surface area contributed by atoms with Crippen molar-refractivity contribution in [2.75, 3.05) is 19.8 Å². The highest BCUT2D eigenvalue weighted by atomic mass is 16.6. The molecule has 1 aliphatic carbocycles. The normalized spacial score (nSPS) is 12.4. The third kappa shape index (κ3) is 5.41. The molecule has 0 aromatic heterocycles. The number of fused-ring (bicyclic) bond motifs is 3. The van der Waals surface area contributed by atoms with Gasteiger partial charge in [0.25, 0.3) is 0 Å². The quantitative estimate of drug-likeness (QED) is 0.513. The molecular weight excluding hydrogens is 340 g/mol. The molecule has 1 aliphatic rings. The number of benzene rings is 3. The molecule has 0 saturated carbocycles. The molecule has 0 saturated heterocycles. The Morgan fingerprint density at radius 2 is 1.33 bits per heavy atom. The summed E-state index contributed by atoms with van der Waals surface area (Å²) in [7, 11) is 0. The van der Waals surface area contributed by atoms with Crippen LogP contribution in [0.2, 0.25) is 0 Å². The molecule has 0 bridgehead atoms. The molecule has 0 fully saturated rings. The molecule has 0 radical (unpaired) electrons. The Hall–Kier alpha value is -2.66. The van der Waals surface area contributed by atoms with Crippen molar-refractivity contribution in [2.24, 2.45) is 0 Å². The second kappa shape index (κ2) is 9.88. The van der Waals surface area contributed by atoms with Crippen LogP contribution in [0.25, 0.3) is 11.1 Å². The topological polar surface area (TPSA) is 58.9 Å². The first-order chi connectivity index (χ1) is 13.3. The van der Waals surface area contributed by atoms with Crippen LogP contribution >= 0.6 is 0 Å². The fraction of sp³-hybridized carbons (Fsp3) is 0.217. The van der Waals surface area contributed by atoms with Crippen LogP contribution in [-0.4, -0.2) is 36.3 Å². The molecule has 0 spiro atoms. The van der Waals surface area contributed by atoms with Crippen LogP contribution in [0, 0.1) is 0 Å². The summed E-state index contributed by atoms with van der Waals surface area (Å²) >= 11 is 0. The van der Waals surface area contributed by atoms with Crippen molar-refractivity contribution in [2.45, 2.75) is 12.7 Å². The summed E-state index contributed by atoms with van der Waals surface area (Å²) in [5.74, 6) is 0.680. The minimum atomic E-state index is -0.998. The standard InChI is InChI=1S/C13H10.C10H14O4/c1-3-7-12-10(5-1)9-11-6-2-4-8-13(11)12;11-6-7-13-10(12)8-14-9-4-2-1-3-5-9/h1-8H,9H2;1-5,10-12H,6-8H2. The summed E-state index contributed by atoms with van der Waals surface area (Å²) in [5, 5.41) is 17.6. The molecule has 0 amide bonds. The summed E-state index contributed by atoms with van der Waals surface area (Å²) in [6.07, 6.45) is 0.106. The third-order valence-corrected chi connectivity index (χ3v) is 4.24. The highest BCUT2D eigenvalue weighted by Gasteiger charge is 2.15. The largest absolute Gasteiger partial charge is 0.488 e. The predicted octanol–water partition coefficient (Wildman–Crippen LogP) is 3.65. The van der Waals surface area contributed by atoms with Crippen LogP contribution < -0.4 is 4.74 Å². The number of aliphatic hydroxyl groups is 2. The van der Waals surface area contributed by atoms with Gasteiger partial charge in [-0.05, 0) is 40.8 Å². The van der Waals surface area contributed by atoms with Crippen LogP contribution in [0.4, 0.5) is 0 Å². The second-order valence-corrected chi connectivity index (χ2v) is 6.16. The van der Waals surface area contributed by atoms with Crippen molar-refractivity contribution < 1.29 is 19.7 Å². The van der Waals surface area contributed by atoms with Crippen molar-refractivity contribution in [3.63, 3.8) is 0 Å². The molecule has 27 heavy (non-hydrogen) atoms. The fourth-order valence-electron chi connectivity index (χ4n) is 3.00. The van der Waals surface area contributed by atoms with Gasteiger partial charge in [-0.2, -0.15) is 0 Å². The van der Waals surface area contributed by atoms with Crippen molar-refractivity contribution in [1.29, 1.82) is 0 Å². The lowest BCUT2D eigenvalue weighted by Crippen LogP contribution is -2.22. The Kier molecular flexibility index (Phi) is 6.99. The first kappa shape index (κ1) is 19.1. The Bertz CT molecular complexity index is 789. The smallest absolute Gasteiger partial charge is 0.189 e. The number of aliphatic hydroxyl groups excluding tert-OH is 2. The van der Waals surface area contributed by atoms with Gasteiger partial charge in [-0.3, -0.25) is 0 Å². The Labute approximate surface area is 159 Å². The maximum Gasteiger partial charge on any atom is 0.189 e. The zero-order valence-electron chi connectivity index (χ0n) is 15.1. The van der Waals surface area contributed by atoms with Gasteiger partial charge >= 0.3 is 0 Å². The molecule has 3 aromatic rings. The molecule has 4 nitrogen and oxygen atoms in total. The summed E-state index contributed by atoms with van der Waals surface area (Å²) in [6.45, 7) is 0.0612. The molecule has 2 N–H and O–H groups in total. The van der Waals surface area contributed by atoms with Crippen molar-refractivity contribution in [1.82, 2.24) is 0 Å². The Balaban J connectivity index is 0.000000156. The lowest BCUT2D eigenvalue weighted by Gasteiger charge is -2.12. The van der Waals surface area contributed by atoms with Gasteiger partial charge < -0.3 is 19.7 Å². The second-order valence-electron chi connectivity index (χ2n) is 6.16. The van der Waals surface area contributed by atoms with E-state index in [0.717, 1.165) is 6.42 Å². The summed E-state index contributed by atoms with van der Waals surface area (Å²) in [4.78, 5) is 0. The molecule has 3 aromatic carbocycles. The molecular formula is C23H24O4. The molecule has 0 aliphatic heterocycles. The molecule has 140 valence electrons. The summed E-state index contributed by atoms with van der Waals surface area (Å²) in [6, 6.07) is 26.5. The van der Waals surface area contributed by atoms with Gasteiger partial charge in [0.15, 0.2) is 6.29 Å². The van der Waals surface area contributed by atoms with Crippen molar-refractivity contribution in [3.8, 4) is 16.9 Å². The van der Waals surface area contributed by atoms with Crippen LogP contribution in [-0.2, 0) is 11.2 Å². The van der Waals surface area contributed by atoms with Gasteiger partial charge in [-0.25, -0.2) is 0 Å². The monoisotopic (exact) mass is 364 g/mol. The molecule has 4 rings (SSSR count). The van der Waals surface area contributed by atoms with E-state index in [2.05, 4.69) is 48.5 Å². The average Bonchev–Trinajstić information content (AvgIpc) is 3.11. The van der Waals surface area contributed by atoms with Crippen molar-refractivity contribution >= 4 is 0 Å². The van der Waals surface area contributed by atoms with Crippen molar-refractivity contribution in [3.05, 3.63) is 90.0 Å². The van der Waals surface area contributed by atoms with Gasteiger partial charge in [0.05, 0.1) is 13.2 Å². The third-order valence-electron chi connectivity index (χ3n) is 4.24. The van der Waals surface area contributed by atoms with Crippen LogP contribution in [0.1, 0.15) is 11.1 Å². The maximum atomic E-state index is 9.18. The van der Waals surface area contributed by atoms with E-state index in [1.54, 1.807) is 12.1 Å².